The van der Waals surface area contributed by atoms with E-state index < -0.39 is 21.5 Å². The first-order valence-electron chi connectivity index (χ1n) is 15.1. The first-order valence-corrected chi connectivity index (χ1v) is 16.9. The molecule has 1 saturated heterocycles. The molecular formula is C34H40ClN3O6S. The molecule has 1 aliphatic heterocycles. The number of benzene rings is 3. The lowest BCUT2D eigenvalue weighted by Crippen LogP contribution is -2.55. The molecule has 2 fully saturated rings. The van der Waals surface area contributed by atoms with E-state index in [4.69, 9.17) is 21.1 Å². The van der Waals surface area contributed by atoms with Crippen LogP contribution in [-0.2, 0) is 27.8 Å². The van der Waals surface area contributed by atoms with E-state index in [0.717, 1.165) is 18.4 Å². The number of halogens is 1. The van der Waals surface area contributed by atoms with Gasteiger partial charge in [-0.05, 0) is 91.1 Å². The topological polar surface area (TPSA) is 114 Å². The molecule has 0 bridgehead atoms. The molecule has 240 valence electrons. The Balaban J connectivity index is 1.46. The van der Waals surface area contributed by atoms with Gasteiger partial charge in [-0.2, -0.15) is 4.31 Å². The summed E-state index contributed by atoms with van der Waals surface area (Å²) in [6.07, 6.45) is 3.71. The maximum Gasteiger partial charge on any atom is 0.251 e. The Hall–Kier alpha value is -3.60. The zero-order valence-corrected chi connectivity index (χ0v) is 27.6. The first kappa shape index (κ1) is 32.8. The lowest BCUT2D eigenvalue weighted by atomic mass is 9.79. The summed E-state index contributed by atoms with van der Waals surface area (Å²) in [5.41, 5.74) is 1.35. The van der Waals surface area contributed by atoms with E-state index in [0.29, 0.717) is 46.9 Å². The number of nitrogens with zero attached hydrogens (tertiary/aromatic N) is 1. The highest BCUT2D eigenvalue weighted by Gasteiger charge is 2.47. The van der Waals surface area contributed by atoms with E-state index in [1.807, 2.05) is 32.0 Å². The Morgan fingerprint density at radius 1 is 1.00 bits per heavy atom. The van der Waals surface area contributed by atoms with Crippen LogP contribution in [0.1, 0.15) is 61.0 Å². The van der Waals surface area contributed by atoms with Crippen LogP contribution in [0.5, 0.6) is 11.5 Å². The van der Waals surface area contributed by atoms with Crippen LogP contribution in [0, 0.1) is 5.41 Å². The Bertz CT molecular complexity index is 1640. The summed E-state index contributed by atoms with van der Waals surface area (Å²) in [4.78, 5) is 26.8. The minimum absolute atomic E-state index is 0.0414. The van der Waals surface area contributed by atoms with E-state index in [9.17, 15) is 18.0 Å². The number of methoxy groups -OCH3 is 2. The second-order valence-electron chi connectivity index (χ2n) is 12.5. The molecule has 1 aliphatic carbocycles. The molecule has 2 amide bonds. The van der Waals surface area contributed by atoms with Gasteiger partial charge in [-0.3, -0.25) is 9.59 Å². The summed E-state index contributed by atoms with van der Waals surface area (Å²) in [6.45, 7) is 3.81. The number of carbonyl (C=O) groups is 2. The summed E-state index contributed by atoms with van der Waals surface area (Å²) < 4.78 is 40.9. The molecule has 3 aromatic rings. The third-order valence-electron chi connectivity index (χ3n) is 8.61. The minimum Gasteiger partial charge on any atom is -0.497 e. The summed E-state index contributed by atoms with van der Waals surface area (Å²) in [6, 6.07) is 17.4. The SMILES string of the molecule is COc1ccc(CC2CCC(C)(C)C(N(Cc3ccc(C(=O)NC4CC4)cc3)S(=O)(=O)c3ccc(Cl)cc3)C(=O)N2)c(OC)c1. The highest BCUT2D eigenvalue weighted by atomic mass is 35.5. The van der Waals surface area contributed by atoms with Crippen molar-refractivity contribution in [3.8, 4) is 11.5 Å². The molecule has 3 aromatic carbocycles. The van der Waals surface area contributed by atoms with Gasteiger partial charge in [0.1, 0.15) is 17.5 Å². The minimum atomic E-state index is -4.16. The van der Waals surface area contributed by atoms with Crippen molar-refractivity contribution in [2.24, 2.45) is 5.41 Å². The van der Waals surface area contributed by atoms with Crippen LogP contribution < -0.4 is 20.1 Å². The first-order chi connectivity index (χ1) is 21.4. The van der Waals surface area contributed by atoms with Gasteiger partial charge in [0.15, 0.2) is 0 Å². The van der Waals surface area contributed by atoms with E-state index >= 15 is 0 Å². The zero-order chi connectivity index (χ0) is 32.4. The average molecular weight is 654 g/mol. The normalized spacial score (nSPS) is 19.8. The molecule has 9 nitrogen and oxygen atoms in total. The summed E-state index contributed by atoms with van der Waals surface area (Å²) in [5, 5.41) is 6.53. The largest absolute Gasteiger partial charge is 0.497 e. The van der Waals surface area contributed by atoms with Gasteiger partial charge in [0, 0.05) is 35.3 Å². The van der Waals surface area contributed by atoms with Crippen LogP contribution in [0.3, 0.4) is 0 Å². The highest BCUT2D eigenvalue weighted by Crippen LogP contribution is 2.38. The Labute approximate surface area is 270 Å². The molecule has 0 radical (unpaired) electrons. The average Bonchev–Trinajstić information content (AvgIpc) is 3.84. The van der Waals surface area contributed by atoms with Gasteiger partial charge >= 0.3 is 0 Å². The second-order valence-corrected chi connectivity index (χ2v) is 14.8. The quantitative estimate of drug-likeness (QED) is 0.288. The molecule has 0 aromatic heterocycles. The van der Waals surface area contributed by atoms with Gasteiger partial charge in [-0.1, -0.05) is 43.6 Å². The summed E-state index contributed by atoms with van der Waals surface area (Å²) in [7, 11) is -0.982. The Morgan fingerprint density at radius 2 is 1.69 bits per heavy atom. The Kier molecular flexibility index (Phi) is 9.77. The number of hydrogen-bond donors (Lipinski definition) is 2. The molecule has 2 N–H and O–H groups in total. The smallest absolute Gasteiger partial charge is 0.251 e. The summed E-state index contributed by atoms with van der Waals surface area (Å²) >= 11 is 6.09. The van der Waals surface area contributed by atoms with Crippen molar-refractivity contribution < 1.29 is 27.5 Å². The molecule has 1 heterocycles. The molecule has 1 saturated carbocycles. The molecule has 0 spiro atoms. The van der Waals surface area contributed by atoms with Gasteiger partial charge in [0.05, 0.1) is 19.1 Å². The standard InChI is InChI=1S/C34H40ClN3O6S/c1-34(2)18-17-27(19-24-9-14-28(43-3)20-30(24)44-4)37-33(40)31(34)38(45(41,42)29-15-10-25(35)11-16-29)21-22-5-7-23(8-6-22)32(39)36-26-12-13-26/h5-11,14-16,20,26-27,31H,12-13,17-19,21H2,1-4H3,(H,36,39)(H,37,40). The van der Waals surface area contributed by atoms with E-state index in [-0.39, 0.29) is 35.3 Å². The number of carbonyl (C=O) groups excluding carboxylic acids is 2. The molecule has 2 aliphatic rings. The highest BCUT2D eigenvalue weighted by molar-refractivity contribution is 7.89. The predicted molar refractivity (Wildman–Crippen MR) is 173 cm³/mol. The fourth-order valence-corrected chi connectivity index (χ4v) is 7.70. The monoisotopic (exact) mass is 653 g/mol. The Morgan fingerprint density at radius 3 is 2.31 bits per heavy atom. The van der Waals surface area contributed by atoms with Gasteiger partial charge in [-0.25, -0.2) is 8.42 Å². The van der Waals surface area contributed by atoms with Crippen LogP contribution >= 0.6 is 11.6 Å². The third-order valence-corrected chi connectivity index (χ3v) is 10.7. The van der Waals surface area contributed by atoms with E-state index in [1.165, 1.54) is 28.6 Å². The maximum atomic E-state index is 14.3. The van der Waals surface area contributed by atoms with Crippen molar-refractivity contribution >= 4 is 33.4 Å². The maximum absolute atomic E-state index is 14.3. The number of amides is 2. The number of hydrogen-bond acceptors (Lipinski definition) is 6. The predicted octanol–water partition coefficient (Wildman–Crippen LogP) is 5.36. The van der Waals surface area contributed by atoms with Crippen molar-refractivity contribution in [1.82, 2.24) is 14.9 Å². The van der Waals surface area contributed by atoms with Crippen molar-refractivity contribution in [2.45, 2.75) is 75.5 Å². The lowest BCUT2D eigenvalue weighted by molar-refractivity contribution is -0.128. The van der Waals surface area contributed by atoms with Crippen molar-refractivity contribution in [2.75, 3.05) is 14.2 Å². The number of sulfonamides is 1. The van der Waals surface area contributed by atoms with E-state index in [1.54, 1.807) is 38.5 Å². The number of ether oxygens (including phenoxy) is 2. The second kappa shape index (κ2) is 13.4. The molecule has 11 heteroatoms. The van der Waals surface area contributed by atoms with E-state index in [2.05, 4.69) is 10.6 Å². The van der Waals surface area contributed by atoms with Gasteiger partial charge in [-0.15, -0.1) is 0 Å². The van der Waals surface area contributed by atoms with Crippen LogP contribution in [-0.4, -0.2) is 56.9 Å². The van der Waals surface area contributed by atoms with Crippen molar-refractivity contribution in [1.29, 1.82) is 0 Å². The molecule has 2 atom stereocenters. The summed E-state index contributed by atoms with van der Waals surface area (Å²) in [5.74, 6) is 0.803. The van der Waals surface area contributed by atoms with Crippen molar-refractivity contribution in [3.63, 3.8) is 0 Å². The van der Waals surface area contributed by atoms with Gasteiger partial charge in [0.25, 0.3) is 5.91 Å². The van der Waals surface area contributed by atoms with Crippen LogP contribution in [0.25, 0.3) is 0 Å². The molecule has 5 rings (SSSR count). The fraction of sp³-hybridized carbons (Fsp3) is 0.412. The molecule has 2 unspecified atom stereocenters. The zero-order valence-electron chi connectivity index (χ0n) is 26.0. The van der Waals surface area contributed by atoms with Crippen LogP contribution in [0.15, 0.2) is 71.6 Å². The number of nitrogens with one attached hydrogen (secondary N) is 2. The fourth-order valence-electron chi connectivity index (χ4n) is 5.84. The number of rotatable bonds is 11. The van der Waals surface area contributed by atoms with Crippen LogP contribution in [0.4, 0.5) is 0 Å². The molecular weight excluding hydrogens is 614 g/mol. The van der Waals surface area contributed by atoms with Gasteiger partial charge < -0.3 is 20.1 Å². The van der Waals surface area contributed by atoms with Crippen molar-refractivity contribution in [3.05, 3.63) is 88.4 Å². The lowest BCUT2D eigenvalue weighted by Gasteiger charge is -2.39. The van der Waals surface area contributed by atoms with Crippen LogP contribution in [0.2, 0.25) is 5.02 Å². The third kappa shape index (κ3) is 7.62. The van der Waals surface area contributed by atoms with Gasteiger partial charge in [0.2, 0.25) is 15.9 Å². The molecule has 45 heavy (non-hydrogen) atoms.